The Morgan fingerprint density at radius 1 is 1.09 bits per heavy atom. The molecule has 4 heteroatoms. The molecule has 4 nitrogen and oxygen atoms in total. The van der Waals surface area contributed by atoms with Crippen LogP contribution in [0.5, 0.6) is 11.5 Å². The van der Waals surface area contributed by atoms with Crippen LogP contribution in [0.2, 0.25) is 0 Å². The molecule has 0 aliphatic rings. The summed E-state index contributed by atoms with van der Waals surface area (Å²) < 4.78 is 11.1. The summed E-state index contributed by atoms with van der Waals surface area (Å²) in [7, 11) is 0. The minimum atomic E-state index is -0.743. The SMILES string of the molecule is CCCOc1cccc(OCC(O)c2ccc(C#N)cc2)c1. The van der Waals surface area contributed by atoms with Gasteiger partial charge in [0.25, 0.3) is 0 Å². The van der Waals surface area contributed by atoms with Gasteiger partial charge in [0.05, 0.1) is 18.2 Å². The van der Waals surface area contributed by atoms with E-state index in [1.54, 1.807) is 30.3 Å². The number of aliphatic hydroxyl groups excluding tert-OH is 1. The van der Waals surface area contributed by atoms with E-state index >= 15 is 0 Å². The van der Waals surface area contributed by atoms with Gasteiger partial charge in [-0.3, -0.25) is 0 Å². The molecule has 0 fully saturated rings. The second-order valence-corrected chi connectivity index (χ2v) is 4.88. The third-order valence-electron chi connectivity index (χ3n) is 3.11. The highest BCUT2D eigenvalue weighted by atomic mass is 16.5. The normalized spacial score (nSPS) is 11.5. The zero-order valence-corrected chi connectivity index (χ0v) is 12.5. The molecule has 0 saturated heterocycles. The summed E-state index contributed by atoms with van der Waals surface area (Å²) in [6.45, 7) is 2.86. The topological polar surface area (TPSA) is 62.5 Å². The summed E-state index contributed by atoms with van der Waals surface area (Å²) in [5.74, 6) is 1.41. The zero-order valence-electron chi connectivity index (χ0n) is 12.5. The van der Waals surface area contributed by atoms with Crippen LogP contribution in [0.4, 0.5) is 0 Å². The van der Waals surface area contributed by atoms with Gasteiger partial charge in [-0.05, 0) is 36.2 Å². The monoisotopic (exact) mass is 297 g/mol. The van der Waals surface area contributed by atoms with Crippen LogP contribution in [0.1, 0.15) is 30.6 Å². The minimum Gasteiger partial charge on any atom is -0.493 e. The smallest absolute Gasteiger partial charge is 0.123 e. The van der Waals surface area contributed by atoms with Crippen molar-refractivity contribution in [1.82, 2.24) is 0 Å². The second kappa shape index (κ2) is 8.06. The van der Waals surface area contributed by atoms with E-state index in [0.29, 0.717) is 17.9 Å². The van der Waals surface area contributed by atoms with Crippen LogP contribution in [0, 0.1) is 11.3 Å². The van der Waals surface area contributed by atoms with E-state index in [1.807, 2.05) is 31.2 Å². The highest BCUT2D eigenvalue weighted by Crippen LogP contribution is 2.21. The fourth-order valence-corrected chi connectivity index (χ4v) is 1.92. The van der Waals surface area contributed by atoms with Crippen molar-refractivity contribution in [2.75, 3.05) is 13.2 Å². The van der Waals surface area contributed by atoms with Gasteiger partial charge in [0, 0.05) is 6.07 Å². The molecule has 2 aromatic carbocycles. The molecular weight excluding hydrogens is 278 g/mol. The van der Waals surface area contributed by atoms with Gasteiger partial charge in [-0.15, -0.1) is 0 Å². The molecule has 2 aromatic rings. The van der Waals surface area contributed by atoms with E-state index in [-0.39, 0.29) is 6.61 Å². The third kappa shape index (κ3) is 4.51. The second-order valence-electron chi connectivity index (χ2n) is 4.88. The number of ether oxygens (including phenoxy) is 2. The maximum absolute atomic E-state index is 10.1. The van der Waals surface area contributed by atoms with Gasteiger partial charge in [0.2, 0.25) is 0 Å². The number of nitriles is 1. The fraction of sp³-hybridized carbons (Fsp3) is 0.278. The van der Waals surface area contributed by atoms with E-state index in [1.165, 1.54) is 0 Å². The van der Waals surface area contributed by atoms with Crippen LogP contribution >= 0.6 is 0 Å². The van der Waals surface area contributed by atoms with Crippen molar-refractivity contribution in [3.8, 4) is 17.6 Å². The van der Waals surface area contributed by atoms with Gasteiger partial charge in [-0.1, -0.05) is 25.1 Å². The van der Waals surface area contributed by atoms with Crippen LogP contribution in [0.3, 0.4) is 0 Å². The van der Waals surface area contributed by atoms with Crippen molar-refractivity contribution in [1.29, 1.82) is 5.26 Å². The molecule has 114 valence electrons. The number of nitrogens with zero attached hydrogens (tertiary/aromatic N) is 1. The Morgan fingerprint density at radius 2 is 1.77 bits per heavy atom. The van der Waals surface area contributed by atoms with E-state index in [0.717, 1.165) is 17.7 Å². The zero-order chi connectivity index (χ0) is 15.8. The number of benzene rings is 2. The average Bonchev–Trinajstić information content (AvgIpc) is 2.58. The summed E-state index contributed by atoms with van der Waals surface area (Å²) in [6, 6.07) is 16.2. The molecule has 0 spiro atoms. The Labute approximate surface area is 130 Å². The summed E-state index contributed by atoms with van der Waals surface area (Å²) in [5.41, 5.74) is 1.29. The molecule has 0 aliphatic heterocycles. The lowest BCUT2D eigenvalue weighted by Gasteiger charge is -2.13. The number of hydrogen-bond acceptors (Lipinski definition) is 4. The molecule has 2 rings (SSSR count). The largest absolute Gasteiger partial charge is 0.493 e. The lowest BCUT2D eigenvalue weighted by molar-refractivity contribution is 0.108. The number of hydrogen-bond donors (Lipinski definition) is 1. The fourth-order valence-electron chi connectivity index (χ4n) is 1.92. The molecule has 0 amide bonds. The van der Waals surface area contributed by atoms with Crippen molar-refractivity contribution >= 4 is 0 Å². The van der Waals surface area contributed by atoms with Crippen molar-refractivity contribution in [3.63, 3.8) is 0 Å². The maximum Gasteiger partial charge on any atom is 0.123 e. The highest BCUT2D eigenvalue weighted by molar-refractivity contribution is 5.34. The van der Waals surface area contributed by atoms with E-state index in [2.05, 4.69) is 0 Å². The van der Waals surface area contributed by atoms with Crippen LogP contribution in [-0.4, -0.2) is 18.3 Å². The van der Waals surface area contributed by atoms with Gasteiger partial charge in [0.15, 0.2) is 0 Å². The Balaban J connectivity index is 1.92. The van der Waals surface area contributed by atoms with Gasteiger partial charge in [-0.25, -0.2) is 0 Å². The van der Waals surface area contributed by atoms with E-state index in [4.69, 9.17) is 14.7 Å². The maximum atomic E-state index is 10.1. The van der Waals surface area contributed by atoms with Gasteiger partial charge >= 0.3 is 0 Å². The van der Waals surface area contributed by atoms with E-state index in [9.17, 15) is 5.11 Å². The summed E-state index contributed by atoms with van der Waals surface area (Å²) in [4.78, 5) is 0. The van der Waals surface area contributed by atoms with Crippen molar-refractivity contribution in [2.24, 2.45) is 0 Å². The van der Waals surface area contributed by atoms with Gasteiger partial charge in [0.1, 0.15) is 24.2 Å². The lowest BCUT2D eigenvalue weighted by Crippen LogP contribution is -2.09. The molecule has 0 bridgehead atoms. The molecule has 0 aromatic heterocycles. The molecule has 0 heterocycles. The molecule has 1 unspecified atom stereocenters. The molecule has 22 heavy (non-hydrogen) atoms. The first-order valence-corrected chi connectivity index (χ1v) is 7.26. The molecule has 1 N–H and O–H groups in total. The lowest BCUT2D eigenvalue weighted by atomic mass is 10.1. The van der Waals surface area contributed by atoms with Crippen LogP contribution < -0.4 is 9.47 Å². The molecule has 0 aliphatic carbocycles. The predicted octanol–water partition coefficient (Wildman–Crippen LogP) is 3.46. The third-order valence-corrected chi connectivity index (χ3v) is 3.11. The standard InChI is InChI=1S/C18H19NO3/c1-2-10-21-16-4-3-5-17(11-16)22-13-18(20)15-8-6-14(12-19)7-9-15/h3-9,11,18,20H,2,10,13H2,1H3. The first-order valence-electron chi connectivity index (χ1n) is 7.26. The summed E-state index contributed by atoms with van der Waals surface area (Å²) in [5, 5.41) is 18.9. The first kappa shape index (κ1) is 15.9. The van der Waals surface area contributed by atoms with Crippen LogP contribution in [0.15, 0.2) is 48.5 Å². The van der Waals surface area contributed by atoms with Crippen molar-refractivity contribution in [2.45, 2.75) is 19.4 Å². The van der Waals surface area contributed by atoms with Crippen LogP contribution in [-0.2, 0) is 0 Å². The van der Waals surface area contributed by atoms with Crippen molar-refractivity contribution < 1.29 is 14.6 Å². The van der Waals surface area contributed by atoms with Gasteiger partial charge < -0.3 is 14.6 Å². The average molecular weight is 297 g/mol. The molecule has 0 saturated carbocycles. The van der Waals surface area contributed by atoms with Gasteiger partial charge in [-0.2, -0.15) is 5.26 Å². The first-order chi connectivity index (χ1) is 10.7. The minimum absolute atomic E-state index is 0.142. The van der Waals surface area contributed by atoms with Crippen molar-refractivity contribution in [3.05, 3.63) is 59.7 Å². The highest BCUT2D eigenvalue weighted by Gasteiger charge is 2.09. The quantitative estimate of drug-likeness (QED) is 0.850. The Morgan fingerprint density at radius 3 is 2.41 bits per heavy atom. The Kier molecular flexibility index (Phi) is 5.81. The molecular formula is C18H19NO3. The summed E-state index contributed by atoms with van der Waals surface area (Å²) >= 11 is 0. The summed E-state index contributed by atoms with van der Waals surface area (Å²) in [6.07, 6.45) is 0.204. The van der Waals surface area contributed by atoms with Crippen LogP contribution in [0.25, 0.3) is 0 Å². The molecule has 0 radical (unpaired) electrons. The Bertz CT molecular complexity index is 632. The van der Waals surface area contributed by atoms with E-state index < -0.39 is 6.10 Å². The Hall–Kier alpha value is -2.51. The number of rotatable bonds is 7. The predicted molar refractivity (Wildman–Crippen MR) is 83.8 cm³/mol. The molecule has 1 atom stereocenters. The number of aliphatic hydroxyl groups is 1.